The molecular formula is C9H6OSe2. The van der Waals surface area contributed by atoms with E-state index in [1.165, 1.54) is 20.0 Å². The third-order valence-corrected chi connectivity index (χ3v) is 7.55. The maximum atomic E-state index is 11.6. The minimum atomic E-state index is -1.74. The van der Waals surface area contributed by atoms with Crippen LogP contribution < -0.4 is 0 Å². The van der Waals surface area contributed by atoms with Gasteiger partial charge in [0.15, 0.2) is 0 Å². The molecule has 0 aromatic carbocycles. The zero-order valence-corrected chi connectivity index (χ0v) is 9.67. The summed E-state index contributed by atoms with van der Waals surface area (Å²) in [6.07, 6.45) is 3.11. The van der Waals surface area contributed by atoms with E-state index in [0.29, 0.717) is 14.5 Å². The molecule has 1 atom stereocenters. The van der Waals surface area contributed by atoms with Crippen molar-refractivity contribution in [3.05, 3.63) is 37.6 Å². The molecule has 0 bridgehead atoms. The second-order valence-corrected chi connectivity index (χ2v) is 7.50. The van der Waals surface area contributed by atoms with Crippen LogP contribution in [0.1, 0.15) is 10.0 Å². The molecule has 0 spiro atoms. The van der Waals surface area contributed by atoms with Crippen molar-refractivity contribution in [2.75, 3.05) is 0 Å². The maximum absolute atomic E-state index is 11.6. The Bertz CT molecular complexity index is 437. The molecule has 3 rings (SSSR count). The van der Waals surface area contributed by atoms with Gasteiger partial charge < -0.3 is 0 Å². The van der Waals surface area contributed by atoms with Crippen LogP contribution in [0.3, 0.4) is 0 Å². The molecule has 1 unspecified atom stereocenters. The number of allylic oxidation sites excluding steroid dienone is 2. The molecule has 1 aliphatic carbocycles. The molecule has 60 valence electrons. The van der Waals surface area contributed by atoms with Crippen molar-refractivity contribution >= 4 is 32.8 Å². The molecule has 0 radical (unpaired) electrons. The number of hydrogen-bond donors (Lipinski definition) is 0. The quantitative estimate of drug-likeness (QED) is 0.654. The third-order valence-electron chi connectivity index (χ3n) is 2.22. The molecule has 0 N–H and O–H groups in total. The molecule has 2 aliphatic rings. The summed E-state index contributed by atoms with van der Waals surface area (Å²) in [5.41, 5.74) is 2.78. The van der Waals surface area contributed by atoms with Gasteiger partial charge in [0.1, 0.15) is 0 Å². The van der Waals surface area contributed by atoms with Gasteiger partial charge in [-0.2, -0.15) is 0 Å². The predicted molar refractivity (Wildman–Crippen MR) is 49.6 cm³/mol. The van der Waals surface area contributed by atoms with Crippen LogP contribution >= 0.6 is 0 Å². The molecule has 2 heterocycles. The monoisotopic (exact) mass is 290 g/mol. The summed E-state index contributed by atoms with van der Waals surface area (Å²) in [6, 6.07) is 2.21. The van der Waals surface area contributed by atoms with Crippen LogP contribution in [0.5, 0.6) is 0 Å². The standard InChI is InChI=1S/C9H6OSe2/c10-12-4-2-7-5-6-1-3-11-8(6)9(7)12/h1-4H,5H2. The van der Waals surface area contributed by atoms with E-state index in [4.69, 9.17) is 0 Å². The fraction of sp³-hybridized carbons (Fsp3) is 0.111. The minimum absolute atomic E-state index is 0.477. The summed E-state index contributed by atoms with van der Waals surface area (Å²) < 4.78 is 14.3. The number of hydrogen-bond acceptors (Lipinski definition) is 1. The van der Waals surface area contributed by atoms with Gasteiger partial charge >= 0.3 is 80.7 Å². The van der Waals surface area contributed by atoms with Crippen molar-refractivity contribution in [3.63, 3.8) is 0 Å². The molecule has 1 nitrogen and oxygen atoms in total. The van der Waals surface area contributed by atoms with Gasteiger partial charge in [-0.25, -0.2) is 0 Å². The molecule has 0 amide bonds. The Hall–Kier alpha value is -0.201. The normalized spacial score (nSPS) is 24.8. The first-order valence-corrected chi connectivity index (χ1v) is 8.14. The Kier molecular flexibility index (Phi) is 1.44. The average Bonchev–Trinajstić information content (AvgIpc) is 2.61. The van der Waals surface area contributed by atoms with E-state index in [0.717, 1.165) is 6.42 Å². The fourth-order valence-corrected chi connectivity index (χ4v) is 7.36. The van der Waals surface area contributed by atoms with E-state index < -0.39 is 13.8 Å². The van der Waals surface area contributed by atoms with Gasteiger partial charge in [0.2, 0.25) is 0 Å². The first kappa shape index (κ1) is 7.23. The Morgan fingerprint density at radius 1 is 1.50 bits per heavy atom. The van der Waals surface area contributed by atoms with E-state index in [1.54, 1.807) is 0 Å². The van der Waals surface area contributed by atoms with Crippen LogP contribution in [0.4, 0.5) is 0 Å². The van der Waals surface area contributed by atoms with Crippen molar-refractivity contribution in [3.8, 4) is 0 Å². The van der Waals surface area contributed by atoms with Gasteiger partial charge in [0.05, 0.1) is 0 Å². The first-order chi connectivity index (χ1) is 5.86. The second-order valence-electron chi connectivity index (χ2n) is 2.91. The van der Waals surface area contributed by atoms with Crippen LogP contribution in [0.15, 0.2) is 27.6 Å². The van der Waals surface area contributed by atoms with E-state index in [1.807, 2.05) is 4.97 Å². The molecule has 0 saturated carbocycles. The summed E-state index contributed by atoms with van der Waals surface area (Å²) in [5.74, 6) is 0. The Morgan fingerprint density at radius 3 is 3.33 bits per heavy atom. The van der Waals surface area contributed by atoms with Crippen LogP contribution in [0.2, 0.25) is 0 Å². The Morgan fingerprint density at radius 2 is 2.42 bits per heavy atom. The first-order valence-electron chi connectivity index (χ1n) is 3.75. The Labute approximate surface area is 80.6 Å². The number of fused-ring (bicyclic) bond motifs is 2. The summed E-state index contributed by atoms with van der Waals surface area (Å²) in [5, 5.41) is 0. The topological polar surface area (TPSA) is 17.1 Å². The molecular weight excluding hydrogens is 282 g/mol. The van der Waals surface area contributed by atoms with Crippen LogP contribution in [-0.2, 0) is 10.3 Å². The SMILES string of the molecule is O=[Se]1C=CC2=C1c1[se]ccc1C2. The van der Waals surface area contributed by atoms with Crippen molar-refractivity contribution in [2.24, 2.45) is 0 Å². The predicted octanol–water partition coefficient (Wildman–Crippen LogP) is 1.12. The molecule has 12 heavy (non-hydrogen) atoms. The van der Waals surface area contributed by atoms with Crippen molar-refractivity contribution in [2.45, 2.75) is 6.42 Å². The van der Waals surface area contributed by atoms with Crippen LogP contribution in [0.25, 0.3) is 4.47 Å². The molecule has 1 aromatic rings. The summed E-state index contributed by atoms with van der Waals surface area (Å²) in [4.78, 5) is 4.14. The number of rotatable bonds is 0. The van der Waals surface area contributed by atoms with Gasteiger partial charge in [-0.15, -0.1) is 0 Å². The molecule has 1 aromatic heterocycles. The summed E-state index contributed by atoms with van der Waals surface area (Å²) in [6.45, 7) is 0. The molecule has 3 heteroatoms. The van der Waals surface area contributed by atoms with Gasteiger partial charge in [0.25, 0.3) is 0 Å². The van der Waals surface area contributed by atoms with Crippen molar-refractivity contribution in [1.29, 1.82) is 0 Å². The van der Waals surface area contributed by atoms with E-state index >= 15 is 0 Å². The van der Waals surface area contributed by atoms with E-state index in [-0.39, 0.29) is 0 Å². The van der Waals surface area contributed by atoms with Gasteiger partial charge in [-0.05, 0) is 0 Å². The van der Waals surface area contributed by atoms with Gasteiger partial charge in [0, 0.05) is 0 Å². The fourth-order valence-electron chi connectivity index (χ4n) is 1.67. The average molecular weight is 288 g/mol. The summed E-state index contributed by atoms with van der Waals surface area (Å²) >= 11 is -1.26. The molecule has 1 aliphatic heterocycles. The summed E-state index contributed by atoms with van der Waals surface area (Å²) in [7, 11) is 0. The van der Waals surface area contributed by atoms with Gasteiger partial charge in [-0.1, -0.05) is 0 Å². The van der Waals surface area contributed by atoms with Gasteiger partial charge in [-0.3, -0.25) is 0 Å². The zero-order chi connectivity index (χ0) is 8.13. The van der Waals surface area contributed by atoms with Crippen molar-refractivity contribution in [1.82, 2.24) is 0 Å². The van der Waals surface area contributed by atoms with Crippen LogP contribution in [0, 0.1) is 0 Å². The molecule has 0 fully saturated rings. The second kappa shape index (κ2) is 2.40. The van der Waals surface area contributed by atoms with Crippen LogP contribution in [-0.4, -0.2) is 28.3 Å². The zero-order valence-electron chi connectivity index (χ0n) is 6.24. The van der Waals surface area contributed by atoms with E-state index in [9.17, 15) is 3.83 Å². The molecule has 0 saturated heterocycles. The Balaban J connectivity index is 2.28. The van der Waals surface area contributed by atoms with E-state index in [2.05, 4.69) is 17.1 Å². The van der Waals surface area contributed by atoms with Crippen molar-refractivity contribution < 1.29 is 3.83 Å². The third kappa shape index (κ3) is 0.800.